The highest BCUT2D eigenvalue weighted by Gasteiger charge is 2.30. The molecule has 0 aliphatic rings. The summed E-state index contributed by atoms with van der Waals surface area (Å²) in [4.78, 5) is 0. The summed E-state index contributed by atoms with van der Waals surface area (Å²) >= 11 is 0. The standard InChI is InChI=1S/C15H18F3N3/c1-10(2)21-9-12(8-20-21)7-19-14-6-13(15(16,17)18)5-4-11(14)3/h4-6,8-10,19H,7H2,1-3H3. The van der Waals surface area contributed by atoms with E-state index in [0.29, 0.717) is 12.2 Å². The van der Waals surface area contributed by atoms with Gasteiger partial charge in [0.1, 0.15) is 0 Å². The van der Waals surface area contributed by atoms with Gasteiger partial charge in [-0.2, -0.15) is 18.3 Å². The van der Waals surface area contributed by atoms with Gasteiger partial charge in [-0.1, -0.05) is 6.07 Å². The zero-order valence-corrected chi connectivity index (χ0v) is 12.2. The van der Waals surface area contributed by atoms with Gasteiger partial charge in [-0.3, -0.25) is 4.68 Å². The SMILES string of the molecule is Cc1ccc(C(F)(F)F)cc1NCc1cnn(C(C)C)c1. The van der Waals surface area contributed by atoms with Gasteiger partial charge in [-0.05, 0) is 38.5 Å². The Morgan fingerprint density at radius 3 is 2.57 bits per heavy atom. The van der Waals surface area contributed by atoms with Crippen LogP contribution in [0.5, 0.6) is 0 Å². The summed E-state index contributed by atoms with van der Waals surface area (Å²) in [6.45, 7) is 6.25. The van der Waals surface area contributed by atoms with Crippen molar-refractivity contribution < 1.29 is 13.2 Å². The average Bonchev–Trinajstić information content (AvgIpc) is 2.85. The normalized spacial score (nSPS) is 12.0. The Hall–Kier alpha value is -1.98. The molecule has 0 bridgehead atoms. The summed E-state index contributed by atoms with van der Waals surface area (Å²) in [7, 11) is 0. The molecule has 21 heavy (non-hydrogen) atoms. The van der Waals surface area contributed by atoms with E-state index in [2.05, 4.69) is 10.4 Å². The predicted octanol–water partition coefficient (Wildman–Crippen LogP) is 4.40. The number of benzene rings is 1. The van der Waals surface area contributed by atoms with Crippen LogP contribution in [0.4, 0.5) is 18.9 Å². The lowest BCUT2D eigenvalue weighted by molar-refractivity contribution is -0.137. The van der Waals surface area contributed by atoms with Crippen molar-refractivity contribution in [2.45, 2.75) is 39.5 Å². The highest BCUT2D eigenvalue weighted by Crippen LogP contribution is 2.32. The number of aryl methyl sites for hydroxylation is 1. The molecule has 1 aromatic heterocycles. The lowest BCUT2D eigenvalue weighted by Gasteiger charge is -2.13. The van der Waals surface area contributed by atoms with Crippen molar-refractivity contribution in [3.05, 3.63) is 47.3 Å². The van der Waals surface area contributed by atoms with Crippen LogP contribution in [0.25, 0.3) is 0 Å². The van der Waals surface area contributed by atoms with E-state index in [1.807, 2.05) is 24.7 Å². The molecule has 0 atom stereocenters. The summed E-state index contributed by atoms with van der Waals surface area (Å²) in [5.74, 6) is 0. The second-order valence-corrected chi connectivity index (χ2v) is 5.30. The Morgan fingerprint density at radius 1 is 1.29 bits per heavy atom. The maximum absolute atomic E-state index is 12.7. The molecule has 1 heterocycles. The minimum absolute atomic E-state index is 0.258. The molecule has 0 radical (unpaired) electrons. The Morgan fingerprint density at radius 2 is 2.00 bits per heavy atom. The molecule has 2 rings (SSSR count). The molecule has 114 valence electrons. The van der Waals surface area contributed by atoms with E-state index in [-0.39, 0.29) is 6.04 Å². The summed E-state index contributed by atoms with van der Waals surface area (Å²) < 4.78 is 40.0. The van der Waals surface area contributed by atoms with Gasteiger partial charge in [0.15, 0.2) is 0 Å². The fourth-order valence-corrected chi connectivity index (χ4v) is 1.94. The van der Waals surface area contributed by atoms with E-state index in [9.17, 15) is 13.2 Å². The molecule has 0 unspecified atom stereocenters. The van der Waals surface area contributed by atoms with Gasteiger partial charge in [0.05, 0.1) is 11.8 Å². The summed E-state index contributed by atoms with van der Waals surface area (Å²) in [5.41, 5.74) is 1.55. The van der Waals surface area contributed by atoms with Gasteiger partial charge in [-0.25, -0.2) is 0 Å². The van der Waals surface area contributed by atoms with Gasteiger partial charge in [-0.15, -0.1) is 0 Å². The molecule has 0 amide bonds. The van der Waals surface area contributed by atoms with Crippen LogP contribution in [0.3, 0.4) is 0 Å². The molecule has 0 saturated carbocycles. The van der Waals surface area contributed by atoms with Crippen molar-refractivity contribution in [3.8, 4) is 0 Å². The molecular weight excluding hydrogens is 279 g/mol. The van der Waals surface area contributed by atoms with Crippen molar-refractivity contribution in [1.82, 2.24) is 9.78 Å². The molecule has 1 aromatic carbocycles. The molecule has 3 nitrogen and oxygen atoms in total. The van der Waals surface area contributed by atoms with Crippen LogP contribution in [-0.2, 0) is 12.7 Å². The van der Waals surface area contributed by atoms with Crippen molar-refractivity contribution in [2.75, 3.05) is 5.32 Å². The van der Waals surface area contributed by atoms with E-state index in [0.717, 1.165) is 23.3 Å². The maximum Gasteiger partial charge on any atom is 0.416 e. The number of nitrogens with zero attached hydrogens (tertiary/aromatic N) is 2. The van der Waals surface area contributed by atoms with Crippen LogP contribution in [0, 0.1) is 6.92 Å². The topological polar surface area (TPSA) is 29.9 Å². The minimum atomic E-state index is -4.33. The van der Waals surface area contributed by atoms with E-state index >= 15 is 0 Å². The number of aromatic nitrogens is 2. The Bertz CT molecular complexity index is 615. The zero-order chi connectivity index (χ0) is 15.6. The number of nitrogens with one attached hydrogen (secondary N) is 1. The lowest BCUT2D eigenvalue weighted by atomic mass is 10.1. The molecule has 0 saturated heterocycles. The van der Waals surface area contributed by atoms with Gasteiger partial charge in [0, 0.05) is 30.0 Å². The predicted molar refractivity (Wildman–Crippen MR) is 76.1 cm³/mol. The molecule has 0 fully saturated rings. The molecule has 2 aromatic rings. The first-order valence-electron chi connectivity index (χ1n) is 6.72. The molecular formula is C15H18F3N3. The molecule has 0 spiro atoms. The van der Waals surface area contributed by atoms with E-state index in [4.69, 9.17) is 0 Å². The number of anilines is 1. The Balaban J connectivity index is 2.12. The third-order valence-electron chi connectivity index (χ3n) is 3.23. The van der Waals surface area contributed by atoms with Crippen LogP contribution in [0.1, 0.15) is 36.6 Å². The Kier molecular flexibility index (Phi) is 4.25. The van der Waals surface area contributed by atoms with Crippen molar-refractivity contribution >= 4 is 5.69 Å². The minimum Gasteiger partial charge on any atom is -0.381 e. The van der Waals surface area contributed by atoms with Crippen molar-refractivity contribution in [3.63, 3.8) is 0 Å². The summed E-state index contributed by atoms with van der Waals surface area (Å²) in [6.07, 6.45) is -0.719. The fraction of sp³-hybridized carbons (Fsp3) is 0.400. The summed E-state index contributed by atoms with van der Waals surface area (Å²) in [6, 6.07) is 3.97. The fourth-order valence-electron chi connectivity index (χ4n) is 1.94. The van der Waals surface area contributed by atoms with Crippen LogP contribution in [-0.4, -0.2) is 9.78 Å². The smallest absolute Gasteiger partial charge is 0.381 e. The van der Waals surface area contributed by atoms with Gasteiger partial charge >= 0.3 is 6.18 Å². The maximum atomic E-state index is 12.7. The van der Waals surface area contributed by atoms with E-state index in [1.54, 1.807) is 13.1 Å². The number of hydrogen-bond donors (Lipinski definition) is 1. The third-order valence-corrected chi connectivity index (χ3v) is 3.23. The van der Waals surface area contributed by atoms with Gasteiger partial charge < -0.3 is 5.32 Å². The highest BCUT2D eigenvalue weighted by atomic mass is 19.4. The zero-order valence-electron chi connectivity index (χ0n) is 12.2. The number of alkyl halides is 3. The van der Waals surface area contributed by atoms with Crippen LogP contribution >= 0.6 is 0 Å². The number of rotatable bonds is 4. The largest absolute Gasteiger partial charge is 0.416 e. The monoisotopic (exact) mass is 297 g/mol. The van der Waals surface area contributed by atoms with Crippen LogP contribution < -0.4 is 5.32 Å². The van der Waals surface area contributed by atoms with Crippen LogP contribution in [0.2, 0.25) is 0 Å². The molecule has 0 aliphatic carbocycles. The molecule has 1 N–H and O–H groups in total. The first kappa shape index (κ1) is 15.4. The quantitative estimate of drug-likeness (QED) is 0.906. The molecule has 6 heteroatoms. The molecule has 0 aliphatic heterocycles. The lowest BCUT2D eigenvalue weighted by Crippen LogP contribution is -2.07. The first-order chi connectivity index (χ1) is 9.77. The third kappa shape index (κ3) is 3.77. The second kappa shape index (κ2) is 5.79. The van der Waals surface area contributed by atoms with Crippen molar-refractivity contribution in [1.29, 1.82) is 0 Å². The number of halogens is 3. The van der Waals surface area contributed by atoms with Crippen molar-refractivity contribution in [2.24, 2.45) is 0 Å². The Labute approximate surface area is 121 Å². The average molecular weight is 297 g/mol. The summed E-state index contributed by atoms with van der Waals surface area (Å²) in [5, 5.41) is 7.24. The number of hydrogen-bond acceptors (Lipinski definition) is 2. The van der Waals surface area contributed by atoms with Gasteiger partial charge in [0.25, 0.3) is 0 Å². The van der Waals surface area contributed by atoms with E-state index < -0.39 is 11.7 Å². The van der Waals surface area contributed by atoms with Crippen LogP contribution in [0.15, 0.2) is 30.6 Å². The highest BCUT2D eigenvalue weighted by molar-refractivity contribution is 5.53. The van der Waals surface area contributed by atoms with E-state index in [1.165, 1.54) is 6.07 Å². The second-order valence-electron chi connectivity index (χ2n) is 5.30. The van der Waals surface area contributed by atoms with Gasteiger partial charge in [0.2, 0.25) is 0 Å². The first-order valence-corrected chi connectivity index (χ1v) is 6.72.